The molecule has 0 fully saturated rings. The molecular formula is C9H8ClN. The predicted molar refractivity (Wildman–Crippen MR) is 46.6 cm³/mol. The molecule has 1 heterocycles. The van der Waals surface area contributed by atoms with Gasteiger partial charge in [0.05, 0.1) is 5.69 Å². The first-order chi connectivity index (χ1) is 5.29. The fraction of sp³-hybridized carbons (Fsp3) is 0.222. The van der Waals surface area contributed by atoms with Gasteiger partial charge in [-0.25, -0.2) is 0 Å². The highest BCUT2D eigenvalue weighted by Gasteiger charge is 2.17. The van der Waals surface area contributed by atoms with E-state index in [2.05, 4.69) is 11.6 Å². The lowest BCUT2D eigenvalue weighted by Gasteiger charge is -1.98. The number of pyridine rings is 1. The van der Waals surface area contributed by atoms with Crippen LogP contribution in [0.15, 0.2) is 18.8 Å². The number of hydrogen-bond acceptors (Lipinski definition) is 1. The van der Waals surface area contributed by atoms with E-state index in [0.29, 0.717) is 0 Å². The van der Waals surface area contributed by atoms with Gasteiger partial charge in [-0.3, -0.25) is 4.98 Å². The van der Waals surface area contributed by atoms with Gasteiger partial charge in [0.2, 0.25) is 0 Å². The van der Waals surface area contributed by atoms with Crippen molar-refractivity contribution in [1.29, 1.82) is 0 Å². The zero-order valence-electron chi connectivity index (χ0n) is 6.10. The number of fused-ring (bicyclic) bond motifs is 1. The Kier molecular flexibility index (Phi) is 1.46. The highest BCUT2D eigenvalue weighted by Crippen LogP contribution is 2.32. The minimum absolute atomic E-state index is 0.827. The summed E-state index contributed by atoms with van der Waals surface area (Å²) in [6, 6.07) is 1.83. The fourth-order valence-corrected chi connectivity index (χ4v) is 1.65. The predicted octanol–water partition coefficient (Wildman–Crippen LogP) is 2.69. The van der Waals surface area contributed by atoms with Gasteiger partial charge in [-0.2, -0.15) is 0 Å². The highest BCUT2D eigenvalue weighted by molar-refractivity contribution is 6.31. The van der Waals surface area contributed by atoms with Crippen molar-refractivity contribution in [1.82, 2.24) is 4.98 Å². The lowest BCUT2D eigenvalue weighted by molar-refractivity contribution is 1.08. The van der Waals surface area contributed by atoms with Crippen LogP contribution >= 0.6 is 11.6 Å². The summed E-state index contributed by atoms with van der Waals surface area (Å²) in [6.07, 6.45) is 3.74. The zero-order chi connectivity index (χ0) is 7.84. The van der Waals surface area contributed by atoms with Gasteiger partial charge in [0, 0.05) is 11.2 Å². The SMILES string of the molecule is C=C1CCc2c(Cl)ccnc21. The van der Waals surface area contributed by atoms with Crippen molar-refractivity contribution in [3.8, 4) is 0 Å². The number of nitrogens with zero attached hydrogens (tertiary/aromatic N) is 1. The van der Waals surface area contributed by atoms with E-state index in [1.165, 1.54) is 5.56 Å². The van der Waals surface area contributed by atoms with Gasteiger partial charge >= 0.3 is 0 Å². The number of rotatable bonds is 0. The molecule has 0 atom stereocenters. The minimum Gasteiger partial charge on any atom is -0.256 e. The molecule has 0 unspecified atom stereocenters. The van der Waals surface area contributed by atoms with Crippen LogP contribution in [-0.2, 0) is 6.42 Å². The molecule has 0 bridgehead atoms. The van der Waals surface area contributed by atoms with Gasteiger partial charge in [-0.1, -0.05) is 18.2 Å². The van der Waals surface area contributed by atoms with Crippen LogP contribution in [0.3, 0.4) is 0 Å². The summed E-state index contributed by atoms with van der Waals surface area (Å²) >= 11 is 5.95. The van der Waals surface area contributed by atoms with Gasteiger partial charge in [0.15, 0.2) is 0 Å². The van der Waals surface area contributed by atoms with E-state index in [-0.39, 0.29) is 0 Å². The van der Waals surface area contributed by atoms with Crippen molar-refractivity contribution in [2.45, 2.75) is 12.8 Å². The third kappa shape index (κ3) is 0.962. The first kappa shape index (κ1) is 6.86. The number of aromatic nitrogens is 1. The summed E-state index contributed by atoms with van der Waals surface area (Å²) in [4.78, 5) is 4.22. The average Bonchev–Trinajstić information content (AvgIpc) is 2.35. The maximum Gasteiger partial charge on any atom is 0.0702 e. The van der Waals surface area contributed by atoms with Crippen LogP contribution in [0.4, 0.5) is 0 Å². The summed E-state index contributed by atoms with van der Waals surface area (Å²) in [5.74, 6) is 0. The lowest BCUT2D eigenvalue weighted by atomic mass is 10.2. The molecule has 0 N–H and O–H groups in total. The summed E-state index contributed by atoms with van der Waals surface area (Å²) in [5, 5.41) is 0.827. The molecular weight excluding hydrogens is 158 g/mol. The molecule has 0 spiro atoms. The summed E-state index contributed by atoms with van der Waals surface area (Å²) in [6.45, 7) is 3.92. The molecule has 1 aromatic rings. The van der Waals surface area contributed by atoms with Crippen molar-refractivity contribution in [3.63, 3.8) is 0 Å². The number of hydrogen-bond donors (Lipinski definition) is 0. The summed E-state index contributed by atoms with van der Waals surface area (Å²) in [7, 11) is 0. The summed E-state index contributed by atoms with van der Waals surface area (Å²) < 4.78 is 0. The topological polar surface area (TPSA) is 12.9 Å². The Labute approximate surface area is 70.7 Å². The quantitative estimate of drug-likeness (QED) is 0.576. The Morgan fingerprint density at radius 2 is 2.27 bits per heavy atom. The lowest BCUT2D eigenvalue weighted by Crippen LogP contribution is -1.85. The van der Waals surface area contributed by atoms with Gasteiger partial charge < -0.3 is 0 Å². The average molecular weight is 166 g/mol. The first-order valence-corrected chi connectivity index (χ1v) is 3.98. The molecule has 0 radical (unpaired) electrons. The third-order valence-corrected chi connectivity index (χ3v) is 2.36. The van der Waals surface area contributed by atoms with Crippen LogP contribution < -0.4 is 0 Å². The Morgan fingerprint density at radius 1 is 1.45 bits per heavy atom. The molecule has 1 aromatic heterocycles. The van der Waals surface area contributed by atoms with Crippen molar-refractivity contribution in [2.24, 2.45) is 0 Å². The Balaban J connectivity index is 2.66. The monoisotopic (exact) mass is 165 g/mol. The molecule has 56 valence electrons. The Hall–Kier alpha value is -0.820. The molecule has 2 rings (SSSR count). The fourth-order valence-electron chi connectivity index (χ4n) is 1.41. The largest absolute Gasteiger partial charge is 0.256 e. The van der Waals surface area contributed by atoms with E-state index < -0.39 is 0 Å². The van der Waals surface area contributed by atoms with Crippen LogP contribution in [0.25, 0.3) is 5.57 Å². The first-order valence-electron chi connectivity index (χ1n) is 3.60. The number of allylic oxidation sites excluding steroid dienone is 1. The van der Waals surface area contributed by atoms with E-state index in [1.807, 2.05) is 6.07 Å². The second-order valence-corrected chi connectivity index (χ2v) is 3.13. The van der Waals surface area contributed by atoms with Crippen LogP contribution in [-0.4, -0.2) is 4.98 Å². The van der Waals surface area contributed by atoms with Crippen LogP contribution in [0.1, 0.15) is 17.7 Å². The standard InChI is InChI=1S/C9H8ClN/c1-6-2-3-7-8(10)4-5-11-9(6)7/h4-5H,1-3H2. The van der Waals surface area contributed by atoms with E-state index in [4.69, 9.17) is 11.6 Å². The van der Waals surface area contributed by atoms with Gasteiger partial charge in [-0.05, 0) is 30.0 Å². The smallest absolute Gasteiger partial charge is 0.0702 e. The van der Waals surface area contributed by atoms with Crippen LogP contribution in [0.5, 0.6) is 0 Å². The molecule has 0 amide bonds. The van der Waals surface area contributed by atoms with E-state index in [9.17, 15) is 0 Å². The molecule has 11 heavy (non-hydrogen) atoms. The maximum atomic E-state index is 5.95. The van der Waals surface area contributed by atoms with Crippen molar-refractivity contribution in [2.75, 3.05) is 0 Å². The van der Waals surface area contributed by atoms with Gasteiger partial charge in [-0.15, -0.1) is 0 Å². The van der Waals surface area contributed by atoms with Gasteiger partial charge in [0.25, 0.3) is 0 Å². The van der Waals surface area contributed by atoms with E-state index in [1.54, 1.807) is 6.20 Å². The Bertz CT molecular complexity index is 317. The normalized spacial score (nSPS) is 15.2. The number of halogens is 1. The molecule has 1 nitrogen and oxygen atoms in total. The van der Waals surface area contributed by atoms with Crippen LogP contribution in [0, 0.1) is 0 Å². The van der Waals surface area contributed by atoms with Crippen molar-refractivity contribution >= 4 is 17.2 Å². The van der Waals surface area contributed by atoms with E-state index in [0.717, 1.165) is 29.1 Å². The summed E-state index contributed by atoms with van der Waals surface area (Å²) in [5.41, 5.74) is 3.29. The highest BCUT2D eigenvalue weighted by atomic mass is 35.5. The molecule has 0 aliphatic heterocycles. The van der Waals surface area contributed by atoms with Crippen molar-refractivity contribution < 1.29 is 0 Å². The molecule has 0 saturated carbocycles. The molecule has 2 heteroatoms. The molecule has 0 saturated heterocycles. The van der Waals surface area contributed by atoms with Crippen molar-refractivity contribution in [3.05, 3.63) is 35.1 Å². The second kappa shape index (κ2) is 2.35. The van der Waals surface area contributed by atoms with E-state index >= 15 is 0 Å². The van der Waals surface area contributed by atoms with Crippen LogP contribution in [0.2, 0.25) is 5.02 Å². The third-order valence-electron chi connectivity index (χ3n) is 2.01. The minimum atomic E-state index is 0.827. The molecule has 0 aromatic carbocycles. The second-order valence-electron chi connectivity index (χ2n) is 2.72. The molecule has 1 aliphatic carbocycles. The Morgan fingerprint density at radius 3 is 3.00 bits per heavy atom. The maximum absolute atomic E-state index is 5.95. The molecule has 1 aliphatic rings. The van der Waals surface area contributed by atoms with Gasteiger partial charge in [0.1, 0.15) is 0 Å². The zero-order valence-corrected chi connectivity index (χ0v) is 6.86.